The van der Waals surface area contributed by atoms with Crippen molar-refractivity contribution in [2.45, 2.75) is 20.0 Å². The zero-order chi connectivity index (χ0) is 16.1. The monoisotopic (exact) mass is 317 g/mol. The van der Waals surface area contributed by atoms with Crippen LogP contribution in [-0.4, -0.2) is 17.6 Å². The summed E-state index contributed by atoms with van der Waals surface area (Å²) in [6.07, 6.45) is -0.859. The molecule has 0 aliphatic rings. The van der Waals surface area contributed by atoms with Gasteiger partial charge in [0.15, 0.2) is 0 Å². The van der Waals surface area contributed by atoms with Gasteiger partial charge in [-0.2, -0.15) is 0 Å². The van der Waals surface area contributed by atoms with E-state index in [-0.39, 0.29) is 5.91 Å². The Bertz CT molecular complexity index is 613. The normalized spacial score (nSPS) is 13.5. The van der Waals surface area contributed by atoms with E-state index in [1.807, 2.05) is 37.3 Å². The standard InChI is InChI=1S/C18H20ClNO2/c1-3-20(16-7-5-4-6-8-16)18(22)13(2)17(21)14-9-11-15(19)12-10-14/h4-13,17,21H,3H2,1-2H3/t13-,17+/m0/s1. The summed E-state index contributed by atoms with van der Waals surface area (Å²) in [6, 6.07) is 16.4. The largest absolute Gasteiger partial charge is 0.388 e. The van der Waals surface area contributed by atoms with Gasteiger partial charge in [-0.05, 0) is 36.8 Å². The van der Waals surface area contributed by atoms with Crippen molar-refractivity contribution in [2.24, 2.45) is 5.92 Å². The van der Waals surface area contributed by atoms with Crippen LogP contribution in [0.15, 0.2) is 54.6 Å². The molecular formula is C18H20ClNO2. The molecule has 0 aliphatic heterocycles. The quantitative estimate of drug-likeness (QED) is 0.903. The molecule has 0 bridgehead atoms. The fourth-order valence-electron chi connectivity index (χ4n) is 2.40. The summed E-state index contributed by atoms with van der Waals surface area (Å²) in [5.41, 5.74) is 1.53. The van der Waals surface area contributed by atoms with Gasteiger partial charge in [0.1, 0.15) is 0 Å². The SMILES string of the molecule is CCN(C(=O)[C@@H](C)[C@@H](O)c1ccc(Cl)cc1)c1ccccc1. The molecule has 0 saturated heterocycles. The van der Waals surface area contributed by atoms with Crippen molar-refractivity contribution in [3.05, 3.63) is 65.2 Å². The molecule has 1 amide bonds. The number of rotatable bonds is 5. The predicted octanol–water partition coefficient (Wildman–Crippen LogP) is 4.06. The molecule has 0 aromatic heterocycles. The summed E-state index contributed by atoms with van der Waals surface area (Å²) in [7, 11) is 0. The minimum atomic E-state index is -0.859. The molecule has 0 unspecified atom stereocenters. The van der Waals surface area contributed by atoms with E-state index in [1.165, 1.54) is 0 Å². The van der Waals surface area contributed by atoms with Crippen LogP contribution >= 0.6 is 11.6 Å². The first-order valence-corrected chi connectivity index (χ1v) is 7.72. The van der Waals surface area contributed by atoms with Gasteiger partial charge in [0, 0.05) is 17.3 Å². The first kappa shape index (κ1) is 16.5. The Kier molecular flexibility index (Phi) is 5.58. The highest BCUT2D eigenvalue weighted by atomic mass is 35.5. The lowest BCUT2D eigenvalue weighted by molar-refractivity contribution is -0.125. The second kappa shape index (κ2) is 7.43. The van der Waals surface area contributed by atoms with E-state index >= 15 is 0 Å². The Labute approximate surface area is 136 Å². The number of carbonyl (C=O) groups excluding carboxylic acids is 1. The highest BCUT2D eigenvalue weighted by Gasteiger charge is 2.27. The maximum atomic E-state index is 12.7. The molecule has 2 aromatic rings. The minimum Gasteiger partial charge on any atom is -0.388 e. The van der Waals surface area contributed by atoms with Gasteiger partial charge in [0.2, 0.25) is 5.91 Å². The van der Waals surface area contributed by atoms with Crippen LogP contribution < -0.4 is 4.90 Å². The van der Waals surface area contributed by atoms with E-state index in [2.05, 4.69) is 0 Å². The molecule has 4 heteroatoms. The minimum absolute atomic E-state index is 0.101. The van der Waals surface area contributed by atoms with Gasteiger partial charge in [0.25, 0.3) is 0 Å². The smallest absolute Gasteiger partial charge is 0.232 e. The summed E-state index contributed by atoms with van der Waals surface area (Å²) in [5.74, 6) is -0.641. The highest BCUT2D eigenvalue weighted by Crippen LogP contribution is 2.26. The van der Waals surface area contributed by atoms with Crippen molar-refractivity contribution >= 4 is 23.2 Å². The Balaban J connectivity index is 2.18. The Hall–Kier alpha value is -1.84. The number of carbonyl (C=O) groups is 1. The van der Waals surface area contributed by atoms with Crippen LogP contribution in [0.4, 0.5) is 5.69 Å². The molecule has 116 valence electrons. The molecule has 0 saturated carbocycles. The lowest BCUT2D eigenvalue weighted by atomic mass is 9.96. The van der Waals surface area contributed by atoms with Crippen molar-refractivity contribution in [3.63, 3.8) is 0 Å². The van der Waals surface area contributed by atoms with Crippen LogP contribution in [0.5, 0.6) is 0 Å². The zero-order valence-corrected chi connectivity index (χ0v) is 13.5. The summed E-state index contributed by atoms with van der Waals surface area (Å²) < 4.78 is 0. The maximum absolute atomic E-state index is 12.7. The Morgan fingerprint density at radius 2 is 1.73 bits per heavy atom. The van der Waals surface area contributed by atoms with Crippen LogP contribution in [0.1, 0.15) is 25.5 Å². The number of aliphatic hydroxyl groups is 1. The molecule has 0 heterocycles. The summed E-state index contributed by atoms with van der Waals surface area (Å²) in [4.78, 5) is 14.4. The highest BCUT2D eigenvalue weighted by molar-refractivity contribution is 6.30. The molecule has 2 atom stereocenters. The van der Waals surface area contributed by atoms with Gasteiger partial charge in [-0.15, -0.1) is 0 Å². The van der Waals surface area contributed by atoms with E-state index in [0.29, 0.717) is 17.1 Å². The number of benzene rings is 2. The molecule has 0 aliphatic carbocycles. The second-order valence-corrected chi connectivity index (χ2v) is 5.64. The van der Waals surface area contributed by atoms with Gasteiger partial charge < -0.3 is 10.0 Å². The van der Waals surface area contributed by atoms with Gasteiger partial charge in [-0.25, -0.2) is 0 Å². The number of hydrogen-bond acceptors (Lipinski definition) is 2. The Morgan fingerprint density at radius 3 is 2.27 bits per heavy atom. The van der Waals surface area contributed by atoms with Crippen molar-refractivity contribution in [2.75, 3.05) is 11.4 Å². The average molecular weight is 318 g/mol. The third-order valence-electron chi connectivity index (χ3n) is 3.72. The van der Waals surface area contributed by atoms with Crippen LogP contribution in [-0.2, 0) is 4.79 Å². The number of nitrogens with zero attached hydrogens (tertiary/aromatic N) is 1. The topological polar surface area (TPSA) is 40.5 Å². The van der Waals surface area contributed by atoms with Crippen LogP contribution in [0.25, 0.3) is 0 Å². The molecule has 3 nitrogen and oxygen atoms in total. The molecule has 2 aromatic carbocycles. The van der Waals surface area contributed by atoms with E-state index in [0.717, 1.165) is 5.69 Å². The van der Waals surface area contributed by atoms with Crippen molar-refractivity contribution in [1.82, 2.24) is 0 Å². The number of halogens is 1. The first-order valence-electron chi connectivity index (χ1n) is 7.34. The number of aliphatic hydroxyl groups excluding tert-OH is 1. The van der Waals surface area contributed by atoms with Gasteiger partial charge in [-0.3, -0.25) is 4.79 Å². The van der Waals surface area contributed by atoms with E-state index in [4.69, 9.17) is 11.6 Å². The third kappa shape index (κ3) is 3.67. The number of amides is 1. The van der Waals surface area contributed by atoms with E-state index < -0.39 is 12.0 Å². The van der Waals surface area contributed by atoms with Crippen molar-refractivity contribution in [1.29, 1.82) is 0 Å². The summed E-state index contributed by atoms with van der Waals surface area (Å²) in [5, 5.41) is 11.1. The molecule has 0 fully saturated rings. The zero-order valence-electron chi connectivity index (χ0n) is 12.7. The average Bonchev–Trinajstić information content (AvgIpc) is 2.56. The second-order valence-electron chi connectivity index (χ2n) is 5.20. The molecule has 0 radical (unpaired) electrons. The molecular weight excluding hydrogens is 298 g/mol. The fraction of sp³-hybridized carbons (Fsp3) is 0.278. The van der Waals surface area contributed by atoms with Gasteiger partial charge in [-0.1, -0.05) is 48.9 Å². The van der Waals surface area contributed by atoms with Crippen molar-refractivity contribution in [3.8, 4) is 0 Å². The molecule has 0 spiro atoms. The lowest BCUT2D eigenvalue weighted by Crippen LogP contribution is -2.37. The van der Waals surface area contributed by atoms with E-state index in [9.17, 15) is 9.90 Å². The molecule has 1 N–H and O–H groups in total. The number of para-hydroxylation sites is 1. The van der Waals surface area contributed by atoms with Crippen LogP contribution in [0.2, 0.25) is 5.02 Å². The van der Waals surface area contributed by atoms with Gasteiger partial charge >= 0.3 is 0 Å². The summed E-state index contributed by atoms with van der Waals surface area (Å²) in [6.45, 7) is 4.22. The van der Waals surface area contributed by atoms with Gasteiger partial charge in [0.05, 0.1) is 12.0 Å². The molecule has 2 rings (SSSR count). The lowest BCUT2D eigenvalue weighted by Gasteiger charge is -2.27. The van der Waals surface area contributed by atoms with Crippen molar-refractivity contribution < 1.29 is 9.90 Å². The third-order valence-corrected chi connectivity index (χ3v) is 3.98. The van der Waals surface area contributed by atoms with Crippen LogP contribution in [0, 0.1) is 5.92 Å². The fourth-order valence-corrected chi connectivity index (χ4v) is 2.53. The summed E-state index contributed by atoms with van der Waals surface area (Å²) >= 11 is 5.85. The number of hydrogen-bond donors (Lipinski definition) is 1. The molecule has 22 heavy (non-hydrogen) atoms. The number of anilines is 1. The maximum Gasteiger partial charge on any atom is 0.232 e. The van der Waals surface area contributed by atoms with E-state index in [1.54, 1.807) is 36.1 Å². The van der Waals surface area contributed by atoms with Crippen LogP contribution in [0.3, 0.4) is 0 Å². The predicted molar refractivity (Wildman–Crippen MR) is 90.0 cm³/mol. The first-order chi connectivity index (χ1) is 10.5. The Morgan fingerprint density at radius 1 is 1.14 bits per heavy atom.